The number of nitrogens with one attached hydrogen (secondary N) is 1. The van der Waals surface area contributed by atoms with E-state index in [0.717, 1.165) is 12.8 Å². The third-order valence-electron chi connectivity index (χ3n) is 5.81. The molecule has 204 valence electrons. The van der Waals surface area contributed by atoms with Crippen LogP contribution in [0, 0.1) is 16.0 Å². The summed E-state index contributed by atoms with van der Waals surface area (Å²) in [6.45, 7) is 8.52. The van der Waals surface area contributed by atoms with Crippen molar-refractivity contribution in [3.05, 3.63) is 62.5 Å². The van der Waals surface area contributed by atoms with E-state index in [1.807, 2.05) is 13.8 Å². The van der Waals surface area contributed by atoms with Crippen molar-refractivity contribution in [2.45, 2.75) is 59.3 Å². The van der Waals surface area contributed by atoms with Gasteiger partial charge in [-0.05, 0) is 44.6 Å². The molecule has 0 aromatic heterocycles. The second kappa shape index (κ2) is 15.1. The number of carbonyl (C=O) groups excluding carboxylic acids is 2. The van der Waals surface area contributed by atoms with Crippen molar-refractivity contribution in [1.29, 1.82) is 0 Å². The molecule has 37 heavy (non-hydrogen) atoms. The number of hydrogen-bond acceptors (Lipinski definition) is 9. The number of esters is 2. The molecule has 1 unspecified atom stereocenters. The van der Waals surface area contributed by atoms with Gasteiger partial charge in [0.25, 0.3) is 5.69 Å². The average molecular weight is 519 g/mol. The summed E-state index contributed by atoms with van der Waals surface area (Å²) in [4.78, 5) is 37.4. The van der Waals surface area contributed by atoms with E-state index in [2.05, 4.69) is 5.32 Å². The number of non-ortho nitro benzene ring substituents is 1. The minimum Gasteiger partial charge on any atom is -0.462 e. The summed E-state index contributed by atoms with van der Waals surface area (Å²) in [5, 5.41) is 23.4. The van der Waals surface area contributed by atoms with Crippen LogP contribution < -0.4 is 5.32 Å². The monoisotopic (exact) mass is 518 g/mol. The van der Waals surface area contributed by atoms with Crippen molar-refractivity contribution in [3.63, 3.8) is 0 Å². The maximum atomic E-state index is 13.2. The average Bonchev–Trinajstić information content (AvgIpc) is 2.85. The van der Waals surface area contributed by atoms with Gasteiger partial charge in [-0.15, -0.1) is 0 Å². The van der Waals surface area contributed by atoms with Crippen LogP contribution in [0.1, 0.15) is 64.9 Å². The Morgan fingerprint density at radius 3 is 2.22 bits per heavy atom. The Hall–Kier alpha value is -3.24. The summed E-state index contributed by atoms with van der Waals surface area (Å²) >= 11 is 0. The summed E-state index contributed by atoms with van der Waals surface area (Å²) in [5.74, 6) is -1.82. The number of rotatable bonds is 15. The fourth-order valence-electron chi connectivity index (χ4n) is 4.09. The number of aliphatic hydroxyl groups excluding tert-OH is 1. The van der Waals surface area contributed by atoms with Gasteiger partial charge in [0.2, 0.25) is 0 Å². The topological polar surface area (TPSA) is 137 Å². The van der Waals surface area contributed by atoms with E-state index in [4.69, 9.17) is 19.3 Å². The van der Waals surface area contributed by atoms with E-state index in [1.165, 1.54) is 18.2 Å². The molecule has 0 bridgehead atoms. The van der Waals surface area contributed by atoms with Crippen LogP contribution in [0.5, 0.6) is 0 Å². The fraction of sp³-hybridized carbons (Fsp3) is 0.556. The second-order valence-electron chi connectivity index (χ2n) is 9.37. The van der Waals surface area contributed by atoms with E-state index in [0.29, 0.717) is 42.3 Å². The highest BCUT2D eigenvalue weighted by molar-refractivity contribution is 6.00. The second-order valence-corrected chi connectivity index (χ2v) is 9.37. The van der Waals surface area contributed by atoms with Gasteiger partial charge in [0.15, 0.2) is 0 Å². The van der Waals surface area contributed by atoms with Crippen LogP contribution in [0.4, 0.5) is 5.69 Å². The van der Waals surface area contributed by atoms with E-state index < -0.39 is 22.8 Å². The number of hydrogen-bond donors (Lipinski definition) is 2. The number of aliphatic hydroxyl groups is 1. The molecule has 1 aliphatic heterocycles. The van der Waals surface area contributed by atoms with Crippen LogP contribution in [0.3, 0.4) is 0 Å². The van der Waals surface area contributed by atoms with Gasteiger partial charge in [0.05, 0.1) is 35.2 Å². The Morgan fingerprint density at radius 1 is 1.00 bits per heavy atom. The molecule has 1 atom stereocenters. The number of dihydropyridines is 1. The molecule has 1 aliphatic rings. The standard InChI is InChI=1S/C27H38N2O8/c1-18(2)17-35-14-15-37-27(32)24-20(4)28-19(3)23(26(31)36-13-8-6-5-7-12-30)25(24)21-10-9-11-22(16-21)29(33)34/h9-11,16,18,25,28,30H,5-8,12-15,17H2,1-4H3. The van der Waals surface area contributed by atoms with Crippen LogP contribution in [-0.2, 0) is 23.8 Å². The first kappa shape index (κ1) is 30.0. The van der Waals surface area contributed by atoms with Crippen LogP contribution in [0.25, 0.3) is 0 Å². The molecular formula is C27H38N2O8. The van der Waals surface area contributed by atoms with Crippen molar-refractivity contribution in [2.24, 2.45) is 5.92 Å². The molecule has 10 heteroatoms. The summed E-state index contributed by atoms with van der Waals surface area (Å²) in [7, 11) is 0. The van der Waals surface area contributed by atoms with Crippen LogP contribution in [0.15, 0.2) is 46.8 Å². The lowest BCUT2D eigenvalue weighted by Gasteiger charge is -2.30. The molecular weight excluding hydrogens is 480 g/mol. The Morgan fingerprint density at radius 2 is 1.62 bits per heavy atom. The molecule has 1 aromatic carbocycles. The summed E-state index contributed by atoms with van der Waals surface area (Å²) < 4.78 is 16.5. The highest BCUT2D eigenvalue weighted by atomic mass is 16.6. The summed E-state index contributed by atoms with van der Waals surface area (Å²) in [6, 6.07) is 5.88. The minimum absolute atomic E-state index is 0.0281. The number of nitro groups is 1. The maximum absolute atomic E-state index is 13.2. The quantitative estimate of drug-likeness (QED) is 0.152. The van der Waals surface area contributed by atoms with Crippen molar-refractivity contribution in [2.75, 3.05) is 33.0 Å². The first-order chi connectivity index (χ1) is 17.7. The van der Waals surface area contributed by atoms with Gasteiger partial charge in [-0.2, -0.15) is 0 Å². The molecule has 2 N–H and O–H groups in total. The number of benzene rings is 1. The van der Waals surface area contributed by atoms with Crippen molar-refractivity contribution in [3.8, 4) is 0 Å². The van der Waals surface area contributed by atoms with Gasteiger partial charge in [0.1, 0.15) is 6.61 Å². The number of unbranched alkanes of at least 4 members (excludes halogenated alkanes) is 3. The molecule has 0 spiro atoms. The third kappa shape index (κ3) is 8.98. The number of carbonyl (C=O) groups is 2. The van der Waals surface area contributed by atoms with Crippen molar-refractivity contribution < 1.29 is 33.8 Å². The maximum Gasteiger partial charge on any atom is 0.336 e. The predicted octanol–water partition coefficient (Wildman–Crippen LogP) is 4.14. The lowest BCUT2D eigenvalue weighted by molar-refractivity contribution is -0.384. The lowest BCUT2D eigenvalue weighted by Crippen LogP contribution is -2.33. The molecule has 1 heterocycles. The van der Waals surface area contributed by atoms with Gasteiger partial charge in [-0.25, -0.2) is 9.59 Å². The zero-order valence-corrected chi connectivity index (χ0v) is 22.1. The Kier molecular flexibility index (Phi) is 12.2. The minimum atomic E-state index is -0.910. The summed E-state index contributed by atoms with van der Waals surface area (Å²) in [5.41, 5.74) is 1.62. The zero-order valence-electron chi connectivity index (χ0n) is 22.1. The number of allylic oxidation sites excluding steroid dienone is 2. The van der Waals surface area contributed by atoms with Gasteiger partial charge >= 0.3 is 11.9 Å². The smallest absolute Gasteiger partial charge is 0.336 e. The van der Waals surface area contributed by atoms with Crippen LogP contribution in [0.2, 0.25) is 0 Å². The first-order valence-corrected chi connectivity index (χ1v) is 12.6. The van der Waals surface area contributed by atoms with Gasteiger partial charge in [-0.1, -0.05) is 32.4 Å². The molecule has 10 nitrogen and oxygen atoms in total. The molecule has 0 aliphatic carbocycles. The molecule has 0 fully saturated rings. The first-order valence-electron chi connectivity index (χ1n) is 12.6. The summed E-state index contributed by atoms with van der Waals surface area (Å²) in [6.07, 6.45) is 2.95. The molecule has 0 saturated carbocycles. The number of nitrogens with zero attached hydrogens (tertiary/aromatic N) is 1. The SMILES string of the molecule is CC1=C(C(=O)OCCCCCCO)C(c2cccc([N+](=O)[O-])c2)C(C(=O)OCCOCC(C)C)=C(C)N1. The highest BCUT2D eigenvalue weighted by Crippen LogP contribution is 2.40. The van der Waals surface area contributed by atoms with Gasteiger partial charge in [0, 0.05) is 36.7 Å². The Labute approximate surface area is 217 Å². The molecule has 0 saturated heterocycles. The van der Waals surface area contributed by atoms with Gasteiger partial charge < -0.3 is 24.6 Å². The van der Waals surface area contributed by atoms with E-state index in [-0.39, 0.29) is 43.3 Å². The molecule has 0 amide bonds. The zero-order chi connectivity index (χ0) is 27.4. The molecule has 1 aromatic rings. The van der Waals surface area contributed by atoms with Crippen LogP contribution in [-0.4, -0.2) is 55.0 Å². The Balaban J connectivity index is 2.31. The van der Waals surface area contributed by atoms with E-state index >= 15 is 0 Å². The predicted molar refractivity (Wildman–Crippen MR) is 138 cm³/mol. The van der Waals surface area contributed by atoms with Crippen molar-refractivity contribution in [1.82, 2.24) is 5.32 Å². The van der Waals surface area contributed by atoms with E-state index in [1.54, 1.807) is 19.9 Å². The lowest BCUT2D eigenvalue weighted by atomic mass is 9.80. The van der Waals surface area contributed by atoms with E-state index in [9.17, 15) is 19.7 Å². The number of nitro benzene ring substituents is 1. The molecule has 0 radical (unpaired) electrons. The normalized spacial score (nSPS) is 15.6. The molecule has 2 rings (SSSR count). The van der Waals surface area contributed by atoms with Crippen molar-refractivity contribution >= 4 is 17.6 Å². The highest BCUT2D eigenvalue weighted by Gasteiger charge is 2.38. The van der Waals surface area contributed by atoms with Crippen LogP contribution >= 0.6 is 0 Å². The largest absolute Gasteiger partial charge is 0.462 e. The Bertz CT molecular complexity index is 1020. The third-order valence-corrected chi connectivity index (χ3v) is 5.81. The number of ether oxygens (including phenoxy) is 3. The van der Waals surface area contributed by atoms with Gasteiger partial charge in [-0.3, -0.25) is 10.1 Å². The fourth-order valence-corrected chi connectivity index (χ4v) is 4.09.